The zero-order chi connectivity index (χ0) is 22.0. The summed E-state index contributed by atoms with van der Waals surface area (Å²) in [5.74, 6) is 0.567. The zero-order valence-electron chi connectivity index (χ0n) is 16.8. The molecule has 1 aromatic heterocycles. The number of sulfonamides is 1. The average Bonchev–Trinajstić information content (AvgIpc) is 3.47. The van der Waals surface area contributed by atoms with Gasteiger partial charge in [0.25, 0.3) is 0 Å². The van der Waals surface area contributed by atoms with E-state index in [1.807, 2.05) is 0 Å². The number of carbonyl (C=O) groups is 2. The van der Waals surface area contributed by atoms with Crippen LogP contribution in [0.15, 0.2) is 51.8 Å². The molecule has 0 aliphatic heterocycles. The minimum atomic E-state index is -3.77. The summed E-state index contributed by atoms with van der Waals surface area (Å²) in [4.78, 5) is 27.8. The molecule has 3 N–H and O–H groups in total. The highest BCUT2D eigenvalue weighted by Crippen LogP contribution is 2.40. The second-order valence-electron chi connectivity index (χ2n) is 7.41. The number of anilines is 2. The van der Waals surface area contributed by atoms with E-state index in [0.29, 0.717) is 28.4 Å². The molecule has 1 aliphatic carbocycles. The van der Waals surface area contributed by atoms with Gasteiger partial charge < -0.3 is 15.1 Å². The molecule has 3 aromatic rings. The normalized spacial score (nSPS) is 13.8. The first-order chi connectivity index (χ1) is 14.8. The number of hydrogen-bond donors (Lipinski definition) is 3. The van der Waals surface area contributed by atoms with E-state index in [2.05, 4.69) is 20.3 Å². The van der Waals surface area contributed by atoms with Crippen molar-refractivity contribution in [2.24, 2.45) is 0 Å². The lowest BCUT2D eigenvalue weighted by molar-refractivity contribution is -0.116. The first-order valence-corrected chi connectivity index (χ1v) is 11.4. The number of benzene rings is 2. The molecular formula is C21H22N4O5S. The molecule has 0 atom stereocenters. The Kier molecular flexibility index (Phi) is 5.75. The second kappa shape index (κ2) is 8.48. The van der Waals surface area contributed by atoms with Gasteiger partial charge in [-0.2, -0.15) is 0 Å². The maximum atomic E-state index is 12.4. The minimum Gasteiger partial charge on any atom is -0.440 e. The molecule has 4 rings (SSSR count). The Morgan fingerprint density at radius 1 is 1.06 bits per heavy atom. The van der Waals surface area contributed by atoms with Crippen molar-refractivity contribution in [3.05, 3.63) is 48.4 Å². The molecule has 1 saturated carbocycles. The van der Waals surface area contributed by atoms with Gasteiger partial charge in [-0.05, 0) is 55.3 Å². The van der Waals surface area contributed by atoms with E-state index >= 15 is 0 Å². The summed E-state index contributed by atoms with van der Waals surface area (Å²) in [6.45, 7) is 1.31. The average molecular weight is 442 g/mol. The smallest absolute Gasteiger partial charge is 0.240 e. The van der Waals surface area contributed by atoms with Crippen LogP contribution in [-0.2, 0) is 19.6 Å². The zero-order valence-corrected chi connectivity index (χ0v) is 17.7. The lowest BCUT2D eigenvalue weighted by Gasteiger charge is -2.08. The number of nitrogens with one attached hydrogen (secondary N) is 3. The Labute approximate surface area is 179 Å². The van der Waals surface area contributed by atoms with Crippen LogP contribution in [0.4, 0.5) is 11.4 Å². The lowest BCUT2D eigenvalue weighted by Crippen LogP contribution is -2.27. The van der Waals surface area contributed by atoms with Crippen molar-refractivity contribution >= 4 is 44.3 Å². The number of fused-ring (bicyclic) bond motifs is 1. The van der Waals surface area contributed by atoms with Gasteiger partial charge >= 0.3 is 0 Å². The molecule has 2 aromatic carbocycles. The van der Waals surface area contributed by atoms with E-state index < -0.39 is 10.0 Å². The molecule has 0 unspecified atom stereocenters. The van der Waals surface area contributed by atoms with E-state index in [-0.39, 0.29) is 29.7 Å². The summed E-state index contributed by atoms with van der Waals surface area (Å²) >= 11 is 0. The summed E-state index contributed by atoms with van der Waals surface area (Å²) in [5, 5.41) is 5.31. The topological polar surface area (TPSA) is 130 Å². The minimum absolute atomic E-state index is 0.0343. The predicted octanol–water partition coefficient (Wildman–Crippen LogP) is 2.97. The molecule has 0 saturated heterocycles. The van der Waals surface area contributed by atoms with Crippen LogP contribution in [0, 0.1) is 0 Å². The third-order valence-corrected chi connectivity index (χ3v) is 6.22. The van der Waals surface area contributed by atoms with Crippen LogP contribution < -0.4 is 15.4 Å². The van der Waals surface area contributed by atoms with Gasteiger partial charge in [-0.1, -0.05) is 0 Å². The Hall–Kier alpha value is -3.24. The number of aromatic nitrogens is 1. The van der Waals surface area contributed by atoms with Gasteiger partial charge in [-0.3, -0.25) is 9.59 Å². The van der Waals surface area contributed by atoms with Gasteiger partial charge in [0.1, 0.15) is 5.52 Å². The van der Waals surface area contributed by atoms with Gasteiger partial charge in [0.05, 0.1) is 4.90 Å². The summed E-state index contributed by atoms with van der Waals surface area (Å²) in [7, 11) is -3.77. The van der Waals surface area contributed by atoms with E-state index in [4.69, 9.17) is 4.42 Å². The molecule has 1 heterocycles. The monoisotopic (exact) mass is 442 g/mol. The van der Waals surface area contributed by atoms with Crippen LogP contribution in [-0.4, -0.2) is 31.8 Å². The number of rotatable bonds is 8. The van der Waals surface area contributed by atoms with Crippen LogP contribution in [0.2, 0.25) is 0 Å². The van der Waals surface area contributed by atoms with Crippen molar-refractivity contribution in [1.29, 1.82) is 0 Å². The first-order valence-electron chi connectivity index (χ1n) is 9.88. The molecule has 2 amide bonds. The van der Waals surface area contributed by atoms with E-state index in [0.717, 1.165) is 18.7 Å². The third-order valence-electron chi connectivity index (χ3n) is 4.74. The summed E-state index contributed by atoms with van der Waals surface area (Å²) < 4.78 is 32.8. The molecule has 0 radical (unpaired) electrons. The van der Waals surface area contributed by atoms with E-state index in [1.165, 1.54) is 31.2 Å². The molecule has 9 nitrogen and oxygen atoms in total. The highest BCUT2D eigenvalue weighted by Gasteiger charge is 2.28. The summed E-state index contributed by atoms with van der Waals surface area (Å²) in [5.41, 5.74) is 2.43. The predicted molar refractivity (Wildman–Crippen MR) is 115 cm³/mol. The molecule has 31 heavy (non-hydrogen) atoms. The Morgan fingerprint density at radius 2 is 1.77 bits per heavy atom. The molecule has 10 heteroatoms. The van der Waals surface area contributed by atoms with Gasteiger partial charge in [0.2, 0.25) is 21.8 Å². The number of hydrogen-bond acceptors (Lipinski definition) is 6. The van der Waals surface area contributed by atoms with Crippen LogP contribution >= 0.6 is 0 Å². The van der Waals surface area contributed by atoms with Crippen molar-refractivity contribution in [3.63, 3.8) is 0 Å². The fourth-order valence-electron chi connectivity index (χ4n) is 3.05. The van der Waals surface area contributed by atoms with Gasteiger partial charge in [-0.15, -0.1) is 0 Å². The molecule has 162 valence electrons. The van der Waals surface area contributed by atoms with Crippen molar-refractivity contribution < 1.29 is 22.4 Å². The van der Waals surface area contributed by atoms with E-state index in [9.17, 15) is 18.0 Å². The quantitative estimate of drug-likeness (QED) is 0.492. The molecule has 0 bridgehead atoms. The fourth-order valence-corrected chi connectivity index (χ4v) is 4.09. The Bertz CT molecular complexity index is 1230. The maximum Gasteiger partial charge on any atom is 0.240 e. The van der Waals surface area contributed by atoms with Gasteiger partial charge in [0, 0.05) is 37.2 Å². The number of oxazole rings is 1. The summed E-state index contributed by atoms with van der Waals surface area (Å²) in [6.07, 6.45) is 2.14. The standard InChI is InChI=1S/C21H22N4O5S/c1-13(26)23-15-4-7-17(8-5-15)31(28,29)22-11-10-20(27)24-16-6-9-19-18(12-16)25-21(30-19)14-2-3-14/h4-9,12,14,22H,2-3,10-11H2,1H3,(H,23,26)(H,24,27). The molecular weight excluding hydrogens is 420 g/mol. The maximum absolute atomic E-state index is 12.4. The van der Waals surface area contributed by atoms with Crippen molar-refractivity contribution in [1.82, 2.24) is 9.71 Å². The second-order valence-corrected chi connectivity index (χ2v) is 9.18. The SMILES string of the molecule is CC(=O)Nc1ccc(S(=O)(=O)NCCC(=O)Nc2ccc3oc(C4CC4)nc3c2)cc1. The van der Waals surface area contributed by atoms with Crippen LogP contribution in [0.1, 0.15) is 38.0 Å². The van der Waals surface area contributed by atoms with Crippen LogP contribution in [0.5, 0.6) is 0 Å². The molecule has 0 spiro atoms. The van der Waals surface area contributed by atoms with Crippen molar-refractivity contribution in [3.8, 4) is 0 Å². The Morgan fingerprint density at radius 3 is 2.45 bits per heavy atom. The number of amides is 2. The fraction of sp³-hybridized carbons (Fsp3) is 0.286. The Balaban J connectivity index is 1.30. The van der Waals surface area contributed by atoms with Crippen molar-refractivity contribution in [2.45, 2.75) is 37.0 Å². The van der Waals surface area contributed by atoms with Crippen LogP contribution in [0.3, 0.4) is 0 Å². The van der Waals surface area contributed by atoms with Crippen LogP contribution in [0.25, 0.3) is 11.1 Å². The third kappa shape index (κ3) is 5.28. The highest BCUT2D eigenvalue weighted by molar-refractivity contribution is 7.89. The van der Waals surface area contributed by atoms with Crippen molar-refractivity contribution in [2.75, 3.05) is 17.2 Å². The number of carbonyl (C=O) groups excluding carboxylic acids is 2. The van der Waals surface area contributed by atoms with Gasteiger partial charge in [0.15, 0.2) is 11.5 Å². The number of nitrogens with zero attached hydrogens (tertiary/aromatic N) is 1. The highest BCUT2D eigenvalue weighted by atomic mass is 32.2. The summed E-state index contributed by atoms with van der Waals surface area (Å²) in [6, 6.07) is 11.0. The molecule has 1 aliphatic rings. The first kappa shape index (κ1) is 21.0. The molecule has 1 fully saturated rings. The van der Waals surface area contributed by atoms with Gasteiger partial charge in [-0.25, -0.2) is 18.1 Å². The lowest BCUT2D eigenvalue weighted by atomic mass is 10.2. The largest absolute Gasteiger partial charge is 0.440 e. The van der Waals surface area contributed by atoms with E-state index in [1.54, 1.807) is 18.2 Å².